The predicted octanol–water partition coefficient (Wildman–Crippen LogP) is 1.61. The molecule has 0 aromatic carbocycles. The first-order chi connectivity index (χ1) is 7.77. The van der Waals surface area contributed by atoms with E-state index in [4.69, 9.17) is 0 Å². The van der Waals surface area contributed by atoms with Crippen LogP contribution in [0.4, 0.5) is 5.69 Å². The highest BCUT2D eigenvalue weighted by molar-refractivity contribution is 7.98. The molecular weight excluding hydrogens is 222 g/mol. The second-order valence-electron chi connectivity index (χ2n) is 3.21. The summed E-state index contributed by atoms with van der Waals surface area (Å²) in [5.74, 6) is 0.798. The van der Waals surface area contributed by atoms with Gasteiger partial charge in [0.05, 0.1) is 0 Å². The van der Waals surface area contributed by atoms with Gasteiger partial charge in [0, 0.05) is 30.7 Å². The smallest absolute Gasteiger partial charge is 0.269 e. The predicted molar refractivity (Wildman–Crippen MR) is 69.1 cm³/mol. The van der Waals surface area contributed by atoms with Crippen LogP contribution in [0.1, 0.15) is 17.4 Å². The summed E-state index contributed by atoms with van der Waals surface area (Å²) in [5, 5.41) is 5.97. The van der Waals surface area contributed by atoms with Gasteiger partial charge in [0.2, 0.25) is 0 Å². The normalized spacial score (nSPS) is 9.88. The number of carbonyl (C=O) groups excluding carboxylic acids is 1. The van der Waals surface area contributed by atoms with Crippen molar-refractivity contribution in [3.63, 3.8) is 0 Å². The molecule has 88 valence electrons. The Hall–Kier alpha value is -1.23. The van der Waals surface area contributed by atoms with Gasteiger partial charge in [-0.3, -0.25) is 9.78 Å². The number of hydrogen-bond donors (Lipinski definition) is 2. The number of aromatic nitrogens is 1. The van der Waals surface area contributed by atoms with Crippen molar-refractivity contribution in [3.05, 3.63) is 24.0 Å². The highest BCUT2D eigenvalue weighted by Gasteiger charge is 2.06. The molecular formula is C11H17N3OS. The molecule has 0 fully saturated rings. The molecule has 16 heavy (non-hydrogen) atoms. The molecule has 0 aliphatic carbocycles. The van der Waals surface area contributed by atoms with Crippen LogP contribution >= 0.6 is 11.8 Å². The van der Waals surface area contributed by atoms with Gasteiger partial charge in [-0.2, -0.15) is 11.8 Å². The first-order valence-corrected chi connectivity index (χ1v) is 6.64. The van der Waals surface area contributed by atoms with Crippen LogP contribution in [0.5, 0.6) is 0 Å². The molecule has 0 spiro atoms. The number of nitrogens with zero attached hydrogens (tertiary/aromatic N) is 1. The quantitative estimate of drug-likeness (QED) is 0.740. The van der Waals surface area contributed by atoms with Gasteiger partial charge in [0.1, 0.15) is 5.69 Å². The van der Waals surface area contributed by atoms with E-state index in [1.165, 1.54) is 0 Å². The largest absolute Gasteiger partial charge is 0.385 e. The first kappa shape index (κ1) is 12.8. The van der Waals surface area contributed by atoms with E-state index in [2.05, 4.69) is 15.6 Å². The lowest BCUT2D eigenvalue weighted by molar-refractivity contribution is 0.0951. The SMILES string of the molecule is CCNc1ccnc(C(=O)NCCSC)c1. The van der Waals surface area contributed by atoms with Crippen LogP contribution in [0.25, 0.3) is 0 Å². The number of thioether (sulfide) groups is 1. The van der Waals surface area contributed by atoms with Gasteiger partial charge in [-0.25, -0.2) is 0 Å². The molecule has 0 aliphatic rings. The highest BCUT2D eigenvalue weighted by atomic mass is 32.2. The number of amides is 1. The molecule has 4 nitrogen and oxygen atoms in total. The maximum atomic E-state index is 11.7. The van der Waals surface area contributed by atoms with Crippen LogP contribution in [0, 0.1) is 0 Å². The van der Waals surface area contributed by atoms with Gasteiger partial charge >= 0.3 is 0 Å². The number of carbonyl (C=O) groups is 1. The van der Waals surface area contributed by atoms with Crippen LogP contribution in [-0.2, 0) is 0 Å². The Morgan fingerprint density at radius 1 is 1.56 bits per heavy atom. The summed E-state index contributed by atoms with van der Waals surface area (Å²) < 4.78 is 0. The second kappa shape index (κ2) is 7.11. The van der Waals surface area contributed by atoms with Crippen LogP contribution in [-0.4, -0.2) is 36.0 Å². The van der Waals surface area contributed by atoms with E-state index in [9.17, 15) is 4.79 Å². The Bertz CT molecular complexity index is 344. The molecule has 0 atom stereocenters. The average molecular weight is 239 g/mol. The Morgan fingerprint density at radius 3 is 3.06 bits per heavy atom. The van der Waals surface area contributed by atoms with E-state index < -0.39 is 0 Å². The summed E-state index contributed by atoms with van der Waals surface area (Å²) in [6.07, 6.45) is 3.65. The molecule has 5 heteroatoms. The number of nitrogens with one attached hydrogen (secondary N) is 2. The number of hydrogen-bond acceptors (Lipinski definition) is 4. The standard InChI is InChI=1S/C11H17N3OS/c1-3-12-9-4-5-13-10(8-9)11(15)14-6-7-16-2/h4-5,8H,3,6-7H2,1-2H3,(H,12,13)(H,14,15). The lowest BCUT2D eigenvalue weighted by Crippen LogP contribution is -2.26. The third-order valence-corrected chi connectivity index (χ3v) is 2.58. The van der Waals surface area contributed by atoms with Gasteiger partial charge in [-0.1, -0.05) is 0 Å². The van der Waals surface area contributed by atoms with E-state index >= 15 is 0 Å². The third kappa shape index (κ3) is 4.10. The van der Waals surface area contributed by atoms with Crippen molar-refractivity contribution in [3.8, 4) is 0 Å². The molecule has 0 bridgehead atoms. The van der Waals surface area contributed by atoms with Crippen molar-refractivity contribution in [2.45, 2.75) is 6.92 Å². The fourth-order valence-electron chi connectivity index (χ4n) is 1.23. The molecule has 0 radical (unpaired) electrons. The Morgan fingerprint density at radius 2 is 2.38 bits per heavy atom. The molecule has 1 aromatic heterocycles. The van der Waals surface area contributed by atoms with E-state index in [1.54, 1.807) is 24.0 Å². The molecule has 0 unspecified atom stereocenters. The number of anilines is 1. The van der Waals surface area contributed by atoms with Gasteiger partial charge in [0.15, 0.2) is 0 Å². The fraction of sp³-hybridized carbons (Fsp3) is 0.455. The summed E-state index contributed by atoms with van der Waals surface area (Å²) in [7, 11) is 0. The number of rotatable bonds is 6. The van der Waals surface area contributed by atoms with E-state index in [0.717, 1.165) is 18.0 Å². The van der Waals surface area contributed by atoms with Crippen molar-refractivity contribution in [1.82, 2.24) is 10.3 Å². The minimum atomic E-state index is -0.117. The van der Waals surface area contributed by atoms with Crippen molar-refractivity contribution in [2.24, 2.45) is 0 Å². The van der Waals surface area contributed by atoms with Crippen LogP contribution in [0.2, 0.25) is 0 Å². The van der Waals surface area contributed by atoms with E-state index in [1.807, 2.05) is 19.2 Å². The monoisotopic (exact) mass is 239 g/mol. The van der Waals surface area contributed by atoms with Gasteiger partial charge < -0.3 is 10.6 Å². The fourth-order valence-corrected chi connectivity index (χ4v) is 1.53. The highest BCUT2D eigenvalue weighted by Crippen LogP contribution is 2.07. The summed E-state index contributed by atoms with van der Waals surface area (Å²) in [6, 6.07) is 3.61. The minimum Gasteiger partial charge on any atom is -0.385 e. The molecule has 1 rings (SSSR count). The molecule has 2 N–H and O–H groups in total. The summed E-state index contributed by atoms with van der Waals surface area (Å²) in [4.78, 5) is 15.7. The van der Waals surface area contributed by atoms with Crippen molar-refractivity contribution in [2.75, 3.05) is 30.4 Å². The van der Waals surface area contributed by atoms with Crippen LogP contribution in [0.15, 0.2) is 18.3 Å². The van der Waals surface area contributed by atoms with Crippen LogP contribution in [0.3, 0.4) is 0 Å². The zero-order chi connectivity index (χ0) is 11.8. The Kier molecular flexibility index (Phi) is 5.71. The maximum absolute atomic E-state index is 11.7. The maximum Gasteiger partial charge on any atom is 0.269 e. The molecule has 1 amide bonds. The van der Waals surface area contributed by atoms with E-state index in [0.29, 0.717) is 12.2 Å². The van der Waals surface area contributed by atoms with Gasteiger partial charge in [-0.15, -0.1) is 0 Å². The lowest BCUT2D eigenvalue weighted by atomic mass is 10.3. The second-order valence-corrected chi connectivity index (χ2v) is 4.19. The topological polar surface area (TPSA) is 54.0 Å². The Balaban J connectivity index is 2.57. The van der Waals surface area contributed by atoms with Crippen molar-refractivity contribution < 1.29 is 4.79 Å². The van der Waals surface area contributed by atoms with Crippen LogP contribution < -0.4 is 10.6 Å². The lowest BCUT2D eigenvalue weighted by Gasteiger charge is -2.06. The molecule has 0 saturated carbocycles. The summed E-state index contributed by atoms with van der Waals surface area (Å²) >= 11 is 1.70. The van der Waals surface area contributed by atoms with E-state index in [-0.39, 0.29) is 5.91 Å². The minimum absolute atomic E-state index is 0.117. The average Bonchev–Trinajstić information content (AvgIpc) is 2.30. The summed E-state index contributed by atoms with van der Waals surface area (Å²) in [5.41, 5.74) is 1.38. The Labute approximate surface area is 100 Å². The van der Waals surface area contributed by atoms with Crippen molar-refractivity contribution >= 4 is 23.4 Å². The molecule has 1 aromatic rings. The van der Waals surface area contributed by atoms with Gasteiger partial charge in [-0.05, 0) is 25.3 Å². The van der Waals surface area contributed by atoms with Gasteiger partial charge in [0.25, 0.3) is 5.91 Å². The summed E-state index contributed by atoms with van der Waals surface area (Å²) in [6.45, 7) is 3.52. The molecule has 0 saturated heterocycles. The molecule has 0 aliphatic heterocycles. The number of pyridine rings is 1. The molecule has 1 heterocycles. The third-order valence-electron chi connectivity index (χ3n) is 1.97. The first-order valence-electron chi connectivity index (χ1n) is 5.25. The zero-order valence-corrected chi connectivity index (χ0v) is 10.4. The zero-order valence-electron chi connectivity index (χ0n) is 9.62. The van der Waals surface area contributed by atoms with Crippen molar-refractivity contribution in [1.29, 1.82) is 0 Å².